The van der Waals surface area contributed by atoms with Crippen LogP contribution in [0.15, 0.2) is 47.4 Å². The van der Waals surface area contributed by atoms with E-state index in [9.17, 15) is 23.2 Å². The fraction of sp³-hybridized carbons (Fsp3) is 0.211. The first-order valence-corrected chi connectivity index (χ1v) is 9.47. The number of nitrogens with one attached hydrogen (secondary N) is 2. The number of carbonyl (C=O) groups is 3. The molecule has 7 nitrogen and oxygen atoms in total. The smallest absolute Gasteiger partial charge is 0.244 e. The van der Waals surface area contributed by atoms with Crippen molar-refractivity contribution in [2.75, 3.05) is 11.4 Å². The molecular weight excluding hydrogens is 404 g/mol. The summed E-state index contributed by atoms with van der Waals surface area (Å²) < 4.78 is 27.0. The van der Waals surface area contributed by atoms with Gasteiger partial charge < -0.3 is 10.2 Å². The SMILES string of the molecule is O=C(CC1Sc2ccccc2N(CC(=O)NCc2cc(F)ccc2F)C1=O)NO. The molecule has 2 aromatic carbocycles. The molecule has 0 bridgehead atoms. The molecule has 0 radical (unpaired) electrons. The van der Waals surface area contributed by atoms with Gasteiger partial charge in [-0.15, -0.1) is 11.8 Å². The molecule has 0 saturated heterocycles. The molecule has 1 atom stereocenters. The Kier molecular flexibility index (Phi) is 6.45. The molecule has 1 unspecified atom stereocenters. The third kappa shape index (κ3) is 4.90. The van der Waals surface area contributed by atoms with Crippen LogP contribution in [0.4, 0.5) is 14.5 Å². The molecule has 3 amide bonds. The number of hydroxylamine groups is 1. The van der Waals surface area contributed by atoms with Crippen molar-refractivity contribution in [1.29, 1.82) is 0 Å². The van der Waals surface area contributed by atoms with Crippen LogP contribution in [-0.4, -0.2) is 34.7 Å². The Morgan fingerprint density at radius 3 is 2.66 bits per heavy atom. The molecule has 2 aromatic rings. The summed E-state index contributed by atoms with van der Waals surface area (Å²) in [6.45, 7) is -0.595. The lowest BCUT2D eigenvalue weighted by Crippen LogP contribution is -2.47. The minimum atomic E-state index is -0.814. The van der Waals surface area contributed by atoms with Crippen molar-refractivity contribution in [3.8, 4) is 0 Å². The van der Waals surface area contributed by atoms with Gasteiger partial charge >= 0.3 is 0 Å². The van der Waals surface area contributed by atoms with E-state index in [2.05, 4.69) is 5.32 Å². The molecule has 1 heterocycles. The van der Waals surface area contributed by atoms with Crippen LogP contribution in [0.2, 0.25) is 0 Å². The molecule has 0 spiro atoms. The molecule has 0 aliphatic carbocycles. The van der Waals surface area contributed by atoms with E-state index in [1.807, 2.05) is 0 Å². The highest BCUT2D eigenvalue weighted by Gasteiger charge is 2.35. The zero-order valence-corrected chi connectivity index (χ0v) is 15.8. The molecule has 29 heavy (non-hydrogen) atoms. The first-order valence-electron chi connectivity index (χ1n) is 8.59. The summed E-state index contributed by atoms with van der Waals surface area (Å²) in [7, 11) is 0. The zero-order chi connectivity index (χ0) is 21.0. The minimum absolute atomic E-state index is 0.0169. The standard InChI is InChI=1S/C19H17F2N3O4S/c20-12-5-6-13(21)11(7-12)9-22-18(26)10-24-14-3-1-2-4-15(14)29-16(19(24)27)8-17(25)23-28/h1-7,16,28H,8-10H2,(H,22,26)(H,23,25). The van der Waals surface area contributed by atoms with E-state index in [1.54, 1.807) is 24.3 Å². The van der Waals surface area contributed by atoms with Gasteiger partial charge in [-0.3, -0.25) is 19.6 Å². The minimum Gasteiger partial charge on any atom is -0.350 e. The Bertz CT molecular complexity index is 957. The molecule has 0 saturated carbocycles. The van der Waals surface area contributed by atoms with E-state index in [0.717, 1.165) is 18.2 Å². The highest BCUT2D eigenvalue weighted by Crippen LogP contribution is 2.40. The Hall–Kier alpha value is -2.98. The largest absolute Gasteiger partial charge is 0.350 e. The van der Waals surface area contributed by atoms with Crippen molar-refractivity contribution in [2.45, 2.75) is 23.1 Å². The lowest BCUT2D eigenvalue weighted by molar-refractivity contribution is -0.131. The van der Waals surface area contributed by atoms with E-state index in [-0.39, 0.29) is 25.1 Å². The van der Waals surface area contributed by atoms with E-state index < -0.39 is 34.6 Å². The molecule has 3 N–H and O–H groups in total. The summed E-state index contributed by atoms with van der Waals surface area (Å²) in [6, 6.07) is 9.82. The van der Waals surface area contributed by atoms with Crippen LogP contribution in [0.25, 0.3) is 0 Å². The van der Waals surface area contributed by atoms with Crippen molar-refractivity contribution in [3.05, 3.63) is 59.7 Å². The van der Waals surface area contributed by atoms with Gasteiger partial charge in [0, 0.05) is 23.4 Å². The molecule has 152 valence electrons. The summed E-state index contributed by atoms with van der Waals surface area (Å²) in [5.41, 5.74) is 1.98. The van der Waals surface area contributed by atoms with Gasteiger partial charge in [0.25, 0.3) is 0 Å². The average Bonchev–Trinajstić information content (AvgIpc) is 2.71. The van der Waals surface area contributed by atoms with Crippen LogP contribution in [0, 0.1) is 11.6 Å². The van der Waals surface area contributed by atoms with Gasteiger partial charge in [0.15, 0.2) is 0 Å². The van der Waals surface area contributed by atoms with E-state index >= 15 is 0 Å². The second kappa shape index (κ2) is 9.01. The van der Waals surface area contributed by atoms with Crippen molar-refractivity contribution in [1.82, 2.24) is 10.8 Å². The predicted octanol–water partition coefficient (Wildman–Crippen LogP) is 1.98. The maximum atomic E-state index is 13.7. The Labute approximate surface area is 169 Å². The lowest BCUT2D eigenvalue weighted by Gasteiger charge is -2.33. The predicted molar refractivity (Wildman–Crippen MR) is 101 cm³/mol. The highest BCUT2D eigenvalue weighted by molar-refractivity contribution is 8.01. The Morgan fingerprint density at radius 2 is 1.90 bits per heavy atom. The van der Waals surface area contributed by atoms with Gasteiger partial charge in [0.05, 0.1) is 10.9 Å². The van der Waals surface area contributed by atoms with Crippen LogP contribution < -0.4 is 15.7 Å². The number of hydrogen-bond donors (Lipinski definition) is 3. The number of benzene rings is 2. The first-order chi connectivity index (χ1) is 13.9. The number of fused-ring (bicyclic) bond motifs is 1. The van der Waals surface area contributed by atoms with E-state index in [1.165, 1.54) is 22.1 Å². The quantitative estimate of drug-likeness (QED) is 0.490. The van der Waals surface area contributed by atoms with Gasteiger partial charge in [-0.1, -0.05) is 12.1 Å². The van der Waals surface area contributed by atoms with Gasteiger partial charge in [0.2, 0.25) is 17.7 Å². The summed E-state index contributed by atoms with van der Waals surface area (Å²) >= 11 is 1.17. The van der Waals surface area contributed by atoms with Crippen molar-refractivity contribution < 1.29 is 28.4 Å². The average molecular weight is 421 g/mol. The number of amides is 3. The van der Waals surface area contributed by atoms with Crippen LogP contribution in [0.1, 0.15) is 12.0 Å². The number of thioether (sulfide) groups is 1. The van der Waals surface area contributed by atoms with Crippen LogP contribution in [-0.2, 0) is 20.9 Å². The molecule has 1 aliphatic rings. The zero-order valence-electron chi connectivity index (χ0n) is 15.0. The third-order valence-electron chi connectivity index (χ3n) is 4.25. The van der Waals surface area contributed by atoms with Crippen molar-refractivity contribution >= 4 is 35.2 Å². The fourth-order valence-electron chi connectivity index (χ4n) is 2.85. The molecule has 3 rings (SSSR count). The summed E-state index contributed by atoms with van der Waals surface area (Å²) in [6.07, 6.45) is -0.263. The number of rotatable bonds is 6. The second-order valence-corrected chi connectivity index (χ2v) is 7.49. The topological polar surface area (TPSA) is 98.7 Å². The number of anilines is 1. The molecular formula is C19H17F2N3O4S. The Morgan fingerprint density at radius 1 is 1.14 bits per heavy atom. The molecule has 10 heteroatoms. The highest BCUT2D eigenvalue weighted by atomic mass is 32.2. The van der Waals surface area contributed by atoms with Crippen LogP contribution in [0.5, 0.6) is 0 Å². The monoisotopic (exact) mass is 421 g/mol. The lowest BCUT2D eigenvalue weighted by atomic mass is 10.2. The van der Waals surface area contributed by atoms with Crippen molar-refractivity contribution in [3.63, 3.8) is 0 Å². The van der Waals surface area contributed by atoms with Crippen molar-refractivity contribution in [2.24, 2.45) is 0 Å². The van der Waals surface area contributed by atoms with Gasteiger partial charge in [-0.25, -0.2) is 14.3 Å². The summed E-state index contributed by atoms with van der Waals surface area (Å²) in [4.78, 5) is 38.6. The molecule has 0 aromatic heterocycles. The summed E-state index contributed by atoms with van der Waals surface area (Å²) in [5.74, 6) is -3.05. The Balaban J connectivity index is 1.73. The number of hydrogen-bond acceptors (Lipinski definition) is 5. The normalized spacial score (nSPS) is 15.6. The molecule has 0 fully saturated rings. The molecule has 1 aliphatic heterocycles. The number of nitrogens with zero attached hydrogens (tertiary/aromatic N) is 1. The number of para-hydroxylation sites is 1. The fourth-order valence-corrected chi connectivity index (χ4v) is 4.08. The van der Waals surface area contributed by atoms with E-state index in [0.29, 0.717) is 10.6 Å². The van der Waals surface area contributed by atoms with Crippen LogP contribution >= 0.6 is 11.8 Å². The van der Waals surface area contributed by atoms with Crippen LogP contribution in [0.3, 0.4) is 0 Å². The second-order valence-electron chi connectivity index (χ2n) is 6.25. The first kappa shape index (κ1) is 20.7. The maximum Gasteiger partial charge on any atom is 0.244 e. The number of halogens is 2. The summed E-state index contributed by atoms with van der Waals surface area (Å²) in [5, 5.41) is 10.4. The maximum absolute atomic E-state index is 13.7. The van der Waals surface area contributed by atoms with Gasteiger partial charge in [-0.2, -0.15) is 0 Å². The van der Waals surface area contributed by atoms with E-state index in [4.69, 9.17) is 5.21 Å². The number of carbonyl (C=O) groups excluding carboxylic acids is 3. The van der Waals surface area contributed by atoms with Gasteiger partial charge in [0.1, 0.15) is 18.2 Å². The van der Waals surface area contributed by atoms with Gasteiger partial charge in [-0.05, 0) is 30.3 Å². The third-order valence-corrected chi connectivity index (χ3v) is 5.50.